The summed E-state index contributed by atoms with van der Waals surface area (Å²) in [5.41, 5.74) is 0.840. The van der Waals surface area contributed by atoms with Crippen LogP contribution in [0.25, 0.3) is 0 Å². The predicted molar refractivity (Wildman–Crippen MR) is 114 cm³/mol. The molecule has 2 aromatic carbocycles. The van der Waals surface area contributed by atoms with E-state index >= 15 is 0 Å². The van der Waals surface area contributed by atoms with E-state index in [0.29, 0.717) is 30.9 Å². The molecular formula is C24H29F2NO5. The lowest BCUT2D eigenvalue weighted by molar-refractivity contribution is -0.140. The smallest absolute Gasteiger partial charge is 0.305 e. The van der Waals surface area contributed by atoms with E-state index in [1.807, 2.05) is 18.2 Å². The number of aliphatic hydroxyl groups is 1. The maximum absolute atomic E-state index is 13.3. The fraction of sp³-hybridized carbons (Fsp3) is 0.458. The molecular weight excluding hydrogens is 420 g/mol. The number of aliphatic hydroxyl groups excluding tert-OH is 1. The van der Waals surface area contributed by atoms with Crippen molar-refractivity contribution in [1.29, 1.82) is 0 Å². The molecule has 0 spiro atoms. The monoisotopic (exact) mass is 449 g/mol. The summed E-state index contributed by atoms with van der Waals surface area (Å²) in [5, 5.41) is 10.3. The minimum Gasteiger partial charge on any atom is -0.490 e. The molecule has 32 heavy (non-hydrogen) atoms. The zero-order chi connectivity index (χ0) is 22.9. The number of aryl methyl sites for hydroxylation is 1. The summed E-state index contributed by atoms with van der Waals surface area (Å²) in [6.07, 6.45) is 1.64. The molecule has 1 heterocycles. The first-order valence-corrected chi connectivity index (χ1v) is 10.8. The van der Waals surface area contributed by atoms with E-state index in [9.17, 15) is 18.7 Å². The Morgan fingerprint density at radius 3 is 2.62 bits per heavy atom. The Morgan fingerprint density at radius 1 is 1.16 bits per heavy atom. The van der Waals surface area contributed by atoms with Crippen LogP contribution in [0.15, 0.2) is 42.5 Å². The molecule has 1 saturated heterocycles. The number of piperidine rings is 1. The molecule has 1 N–H and O–H groups in total. The lowest BCUT2D eigenvalue weighted by Crippen LogP contribution is -2.39. The molecule has 1 aliphatic heterocycles. The maximum atomic E-state index is 13.3. The molecule has 0 aromatic heterocycles. The minimum atomic E-state index is -0.967. The fourth-order valence-electron chi connectivity index (χ4n) is 3.66. The lowest BCUT2D eigenvalue weighted by atomic mass is 10.1. The maximum Gasteiger partial charge on any atom is 0.305 e. The quantitative estimate of drug-likeness (QED) is 0.441. The number of carbonyl (C=O) groups is 1. The highest BCUT2D eigenvalue weighted by Gasteiger charge is 2.22. The van der Waals surface area contributed by atoms with Crippen molar-refractivity contribution in [2.24, 2.45) is 0 Å². The van der Waals surface area contributed by atoms with Gasteiger partial charge >= 0.3 is 5.97 Å². The molecule has 0 amide bonds. The van der Waals surface area contributed by atoms with Crippen LogP contribution < -0.4 is 9.47 Å². The van der Waals surface area contributed by atoms with Crippen LogP contribution in [0.3, 0.4) is 0 Å². The largest absolute Gasteiger partial charge is 0.490 e. The summed E-state index contributed by atoms with van der Waals surface area (Å²) in [4.78, 5) is 13.6. The molecule has 1 atom stereocenters. The van der Waals surface area contributed by atoms with Gasteiger partial charge in [0, 0.05) is 38.5 Å². The minimum absolute atomic E-state index is 0.0565. The van der Waals surface area contributed by atoms with Crippen molar-refractivity contribution in [1.82, 2.24) is 4.90 Å². The number of methoxy groups -OCH3 is 1. The van der Waals surface area contributed by atoms with Gasteiger partial charge in [-0.1, -0.05) is 18.2 Å². The zero-order valence-corrected chi connectivity index (χ0v) is 18.1. The van der Waals surface area contributed by atoms with Crippen LogP contribution in [0.5, 0.6) is 11.5 Å². The van der Waals surface area contributed by atoms with E-state index in [0.717, 1.165) is 43.6 Å². The van der Waals surface area contributed by atoms with Gasteiger partial charge in [0.05, 0.1) is 7.11 Å². The molecule has 6 nitrogen and oxygen atoms in total. The molecule has 3 rings (SSSR count). The highest BCUT2D eigenvalue weighted by molar-refractivity contribution is 5.69. The van der Waals surface area contributed by atoms with Crippen LogP contribution in [0.4, 0.5) is 8.78 Å². The highest BCUT2D eigenvalue weighted by Crippen LogP contribution is 2.23. The van der Waals surface area contributed by atoms with E-state index < -0.39 is 17.9 Å². The van der Waals surface area contributed by atoms with Crippen molar-refractivity contribution in [2.45, 2.75) is 44.5 Å². The van der Waals surface area contributed by atoms with E-state index in [-0.39, 0.29) is 18.5 Å². The normalized spacial score (nSPS) is 15.9. The van der Waals surface area contributed by atoms with Gasteiger partial charge in [-0.25, -0.2) is 8.78 Å². The van der Waals surface area contributed by atoms with Gasteiger partial charge in [-0.15, -0.1) is 0 Å². The third-order valence-electron chi connectivity index (χ3n) is 5.48. The number of likely N-dealkylation sites (tertiary alicyclic amines) is 1. The first-order chi connectivity index (χ1) is 15.4. The van der Waals surface area contributed by atoms with Crippen LogP contribution in [-0.4, -0.2) is 55.1 Å². The number of halogens is 2. The van der Waals surface area contributed by atoms with E-state index in [1.165, 1.54) is 13.2 Å². The van der Waals surface area contributed by atoms with Crippen molar-refractivity contribution in [2.75, 3.05) is 26.7 Å². The van der Waals surface area contributed by atoms with Crippen molar-refractivity contribution in [3.8, 4) is 11.5 Å². The molecule has 0 saturated carbocycles. The van der Waals surface area contributed by atoms with Crippen molar-refractivity contribution in [3.63, 3.8) is 0 Å². The van der Waals surface area contributed by atoms with Crippen molar-refractivity contribution in [3.05, 3.63) is 59.7 Å². The second-order valence-corrected chi connectivity index (χ2v) is 7.78. The van der Waals surface area contributed by atoms with E-state index in [2.05, 4.69) is 9.64 Å². The topological polar surface area (TPSA) is 68.2 Å². The summed E-state index contributed by atoms with van der Waals surface area (Å²) < 4.78 is 42.5. The number of esters is 1. The SMILES string of the molecule is COC(=O)CCc1ccccc1OC(O)CCN1CCC(Oc2ccc(F)c(F)c2)CC1. The van der Waals surface area contributed by atoms with Gasteiger partial charge in [0.1, 0.15) is 17.6 Å². The zero-order valence-electron chi connectivity index (χ0n) is 18.1. The number of carbonyl (C=O) groups excluding carboxylic acids is 1. The number of hydrogen-bond donors (Lipinski definition) is 1. The number of ether oxygens (including phenoxy) is 3. The molecule has 0 radical (unpaired) electrons. The van der Waals surface area contributed by atoms with Crippen LogP contribution in [0.1, 0.15) is 31.2 Å². The molecule has 174 valence electrons. The average Bonchev–Trinajstić information content (AvgIpc) is 2.80. The Bertz CT molecular complexity index is 886. The Kier molecular flexibility index (Phi) is 8.81. The van der Waals surface area contributed by atoms with Crippen molar-refractivity contribution < 1.29 is 32.9 Å². The highest BCUT2D eigenvalue weighted by atomic mass is 19.2. The van der Waals surface area contributed by atoms with Crippen molar-refractivity contribution >= 4 is 5.97 Å². The molecule has 2 aromatic rings. The third-order valence-corrected chi connectivity index (χ3v) is 5.48. The number of hydrogen-bond acceptors (Lipinski definition) is 6. The van der Waals surface area contributed by atoms with Crippen LogP contribution in [0, 0.1) is 11.6 Å². The van der Waals surface area contributed by atoms with Crippen LogP contribution in [-0.2, 0) is 16.0 Å². The fourth-order valence-corrected chi connectivity index (χ4v) is 3.66. The molecule has 0 aliphatic carbocycles. The second-order valence-electron chi connectivity index (χ2n) is 7.78. The molecule has 0 bridgehead atoms. The van der Waals surface area contributed by atoms with Gasteiger partial charge in [-0.2, -0.15) is 0 Å². The van der Waals surface area contributed by atoms with E-state index in [4.69, 9.17) is 9.47 Å². The Hall–Kier alpha value is -2.71. The summed E-state index contributed by atoms with van der Waals surface area (Å²) in [6.45, 7) is 2.21. The predicted octanol–water partition coefficient (Wildman–Crippen LogP) is 3.70. The molecule has 1 aliphatic rings. The van der Waals surface area contributed by atoms with Gasteiger partial charge in [0.2, 0.25) is 0 Å². The molecule has 1 fully saturated rings. The van der Waals surface area contributed by atoms with Gasteiger partial charge in [0.15, 0.2) is 17.9 Å². The summed E-state index contributed by atoms with van der Waals surface area (Å²) in [7, 11) is 1.35. The first kappa shape index (κ1) is 23.9. The Labute approximate surface area is 186 Å². The number of rotatable bonds is 10. The third kappa shape index (κ3) is 7.17. The Morgan fingerprint density at radius 2 is 1.91 bits per heavy atom. The summed E-state index contributed by atoms with van der Waals surface area (Å²) in [6, 6.07) is 10.9. The Balaban J connectivity index is 1.40. The lowest BCUT2D eigenvalue weighted by Gasteiger charge is -2.32. The van der Waals surface area contributed by atoms with Gasteiger partial charge < -0.3 is 24.2 Å². The van der Waals surface area contributed by atoms with Gasteiger partial charge in [-0.05, 0) is 43.0 Å². The van der Waals surface area contributed by atoms with Crippen LogP contribution >= 0.6 is 0 Å². The van der Waals surface area contributed by atoms with Crippen LogP contribution in [0.2, 0.25) is 0 Å². The number of nitrogens with zero attached hydrogens (tertiary/aromatic N) is 1. The number of para-hydroxylation sites is 1. The number of benzene rings is 2. The molecule has 8 heteroatoms. The summed E-state index contributed by atoms with van der Waals surface area (Å²) >= 11 is 0. The standard InChI is InChI=1S/C24H29F2NO5/c1-30-23(28)9-6-17-4-2-3-5-22(17)32-24(29)12-15-27-13-10-18(11-14-27)31-19-7-8-20(25)21(26)16-19/h2-5,7-8,16,18,24,29H,6,9-15H2,1H3. The summed E-state index contributed by atoms with van der Waals surface area (Å²) in [5.74, 6) is -1.21. The van der Waals surface area contributed by atoms with E-state index in [1.54, 1.807) is 6.07 Å². The van der Waals surface area contributed by atoms with Gasteiger partial charge in [0.25, 0.3) is 0 Å². The second kappa shape index (κ2) is 11.8. The average molecular weight is 449 g/mol. The first-order valence-electron chi connectivity index (χ1n) is 10.8. The molecule has 1 unspecified atom stereocenters. The van der Waals surface area contributed by atoms with Gasteiger partial charge in [-0.3, -0.25) is 4.79 Å².